The minimum Gasteiger partial charge on any atom is -0.466 e. The van der Waals surface area contributed by atoms with Crippen LogP contribution < -0.4 is 10.4 Å². The van der Waals surface area contributed by atoms with Crippen molar-refractivity contribution in [3.05, 3.63) is 0 Å². The van der Waals surface area contributed by atoms with Gasteiger partial charge in [0.05, 0.1) is 12.4 Å². The number of carbonyl (C=O) groups is 3. The molecule has 0 aliphatic carbocycles. The Labute approximate surface area is 339 Å². The van der Waals surface area contributed by atoms with E-state index in [2.05, 4.69) is 33.0 Å². The molecule has 1 amide bonds. The lowest BCUT2D eigenvalue weighted by atomic mass is 10.0. The van der Waals surface area contributed by atoms with Gasteiger partial charge >= 0.3 is 11.9 Å². The Balaban J connectivity index is 0. The first-order chi connectivity index (χ1) is 26.3. The molecule has 3 N–H and O–H groups in total. The van der Waals surface area contributed by atoms with E-state index in [4.69, 9.17) is 9.47 Å². The molecular formula is C45H91N2O6S+. The highest BCUT2D eigenvalue weighted by molar-refractivity contribution is 7.99. The molecule has 8 nitrogen and oxygen atoms in total. The average Bonchev–Trinajstić information content (AvgIpc) is 3.15. The molecule has 2 unspecified atom stereocenters. The molecule has 0 aromatic heterocycles. The second-order valence-corrected chi connectivity index (χ2v) is 16.3. The molecule has 0 radical (unpaired) electrons. The minimum atomic E-state index is -0.0587. The van der Waals surface area contributed by atoms with Gasteiger partial charge in [-0.25, -0.2) is 5.21 Å². The highest BCUT2D eigenvalue weighted by Crippen LogP contribution is 2.17. The molecule has 0 heterocycles. The Hall–Kier alpha value is -1.32. The lowest BCUT2D eigenvalue weighted by molar-refractivity contribution is -1.09. The number of ether oxygens (including phenoxy) is 2. The van der Waals surface area contributed by atoms with Gasteiger partial charge < -0.3 is 14.8 Å². The van der Waals surface area contributed by atoms with Gasteiger partial charge in [-0.1, -0.05) is 150 Å². The van der Waals surface area contributed by atoms with Crippen molar-refractivity contribution in [3.8, 4) is 0 Å². The standard InChI is InChI=1S/C23H46N2O4S.C22H44O2/c1-3-4-5-6-7-11-14-20-29-23(27)16-12-9-8-10-13-18-25(28)19-15-17-24-22(26)21-30-2;1-4-7-10-13-16-19-21(18-15-12-9-6-3)24-22(23)20-17-14-11-8-5-2/h28H,3-21H2,1-2H3,(H,24,26);21H,4-20H2,1-3H3/p+1. The number of thioether (sulfide) groups is 1. The summed E-state index contributed by atoms with van der Waals surface area (Å²) >= 11 is 1.51. The second kappa shape index (κ2) is 46.1. The molecule has 322 valence electrons. The summed E-state index contributed by atoms with van der Waals surface area (Å²) in [7, 11) is 0. The molecule has 0 bridgehead atoms. The van der Waals surface area contributed by atoms with Crippen LogP contribution in [0.1, 0.15) is 227 Å². The van der Waals surface area contributed by atoms with E-state index < -0.39 is 0 Å². The van der Waals surface area contributed by atoms with Gasteiger partial charge in [0.25, 0.3) is 0 Å². The molecule has 0 rings (SSSR count). The maximum atomic E-state index is 12.1. The molecular weight excluding hydrogens is 697 g/mol. The van der Waals surface area contributed by atoms with Crippen LogP contribution in [0.25, 0.3) is 0 Å². The molecule has 0 saturated carbocycles. The van der Waals surface area contributed by atoms with E-state index in [-0.39, 0.29) is 23.9 Å². The molecule has 0 spiro atoms. The van der Waals surface area contributed by atoms with Gasteiger partial charge in [-0.3, -0.25) is 14.4 Å². The third kappa shape index (κ3) is 45.1. The van der Waals surface area contributed by atoms with Crippen LogP contribution in [0.5, 0.6) is 0 Å². The number of hydroxylamine groups is 2. The molecule has 0 fully saturated rings. The molecule has 0 aromatic rings. The summed E-state index contributed by atoms with van der Waals surface area (Å²) in [6.07, 6.45) is 37.3. The monoisotopic (exact) mass is 788 g/mol. The van der Waals surface area contributed by atoms with E-state index in [1.807, 2.05) is 6.26 Å². The number of hydrogen-bond donors (Lipinski definition) is 3. The zero-order valence-corrected chi connectivity index (χ0v) is 37.2. The average molecular weight is 788 g/mol. The third-order valence-corrected chi connectivity index (χ3v) is 10.4. The first-order valence-electron chi connectivity index (χ1n) is 23.0. The number of rotatable bonds is 40. The number of nitrogens with one attached hydrogen (secondary N) is 2. The highest BCUT2D eigenvalue weighted by Gasteiger charge is 2.14. The largest absolute Gasteiger partial charge is 0.466 e. The molecule has 0 aromatic carbocycles. The minimum absolute atomic E-state index is 0.0422. The summed E-state index contributed by atoms with van der Waals surface area (Å²) in [5, 5.41) is 13.3. The maximum absolute atomic E-state index is 12.1. The molecule has 0 aliphatic heterocycles. The van der Waals surface area contributed by atoms with Crippen LogP contribution in [0.15, 0.2) is 0 Å². The predicted octanol–water partition coefficient (Wildman–Crippen LogP) is 11.4. The first kappa shape index (κ1) is 54.8. The van der Waals surface area contributed by atoms with Crippen molar-refractivity contribution in [3.63, 3.8) is 0 Å². The lowest BCUT2D eigenvalue weighted by Crippen LogP contribution is -3.09. The SMILES string of the molecule is CCCCCCCC(=O)OC(CCCCCC)CCCCCCC.CCCCCCCCCOC(=O)CCCCCCC[NH+](O)CCCNC(=O)CSC. The van der Waals surface area contributed by atoms with Crippen LogP contribution in [0.2, 0.25) is 0 Å². The number of amides is 1. The lowest BCUT2D eigenvalue weighted by Gasteiger charge is -2.18. The van der Waals surface area contributed by atoms with Crippen molar-refractivity contribution in [2.75, 3.05) is 38.2 Å². The van der Waals surface area contributed by atoms with Crippen LogP contribution >= 0.6 is 11.8 Å². The maximum Gasteiger partial charge on any atom is 0.306 e. The Kier molecular flexibility index (Phi) is 46.7. The van der Waals surface area contributed by atoms with Gasteiger partial charge in [-0.05, 0) is 64.0 Å². The van der Waals surface area contributed by atoms with Crippen LogP contribution in [0.4, 0.5) is 0 Å². The van der Waals surface area contributed by atoms with Crippen molar-refractivity contribution >= 4 is 29.6 Å². The van der Waals surface area contributed by atoms with Crippen molar-refractivity contribution in [1.82, 2.24) is 5.32 Å². The fourth-order valence-corrected chi connectivity index (χ4v) is 6.79. The van der Waals surface area contributed by atoms with Crippen LogP contribution in [0.3, 0.4) is 0 Å². The first-order valence-corrected chi connectivity index (χ1v) is 24.4. The summed E-state index contributed by atoms with van der Waals surface area (Å²) in [6, 6.07) is 0. The Morgan fingerprint density at radius 1 is 0.556 bits per heavy atom. The van der Waals surface area contributed by atoms with Crippen molar-refractivity contribution < 1.29 is 34.1 Å². The van der Waals surface area contributed by atoms with E-state index in [0.29, 0.717) is 43.4 Å². The fourth-order valence-electron chi connectivity index (χ4n) is 6.43. The Morgan fingerprint density at radius 3 is 1.52 bits per heavy atom. The summed E-state index contributed by atoms with van der Waals surface area (Å²) in [4.78, 5) is 35.1. The third-order valence-electron chi connectivity index (χ3n) is 9.89. The number of unbranched alkanes of at least 4 members (excludes halogenated alkanes) is 21. The van der Waals surface area contributed by atoms with Gasteiger partial charge in [-0.15, -0.1) is 0 Å². The van der Waals surface area contributed by atoms with Crippen molar-refractivity contribution in [1.29, 1.82) is 0 Å². The van der Waals surface area contributed by atoms with Gasteiger partial charge in [0.1, 0.15) is 19.2 Å². The highest BCUT2D eigenvalue weighted by atomic mass is 32.2. The van der Waals surface area contributed by atoms with Gasteiger partial charge in [0.15, 0.2) is 0 Å². The van der Waals surface area contributed by atoms with Crippen molar-refractivity contribution in [2.24, 2.45) is 0 Å². The normalized spacial score (nSPS) is 12.1. The molecule has 0 aliphatic rings. The Morgan fingerprint density at radius 2 is 0.981 bits per heavy atom. The van der Waals surface area contributed by atoms with E-state index in [1.165, 1.54) is 127 Å². The quantitative estimate of drug-likeness (QED) is 0.0322. The van der Waals surface area contributed by atoms with Crippen molar-refractivity contribution in [2.45, 2.75) is 233 Å². The van der Waals surface area contributed by atoms with E-state index in [0.717, 1.165) is 77.2 Å². The Bertz CT molecular complexity index is 802. The number of hydrogen-bond acceptors (Lipinski definition) is 7. The zero-order valence-electron chi connectivity index (χ0n) is 36.4. The van der Waals surface area contributed by atoms with Gasteiger partial charge in [0.2, 0.25) is 5.91 Å². The smallest absolute Gasteiger partial charge is 0.306 e. The van der Waals surface area contributed by atoms with Gasteiger partial charge in [0, 0.05) is 25.8 Å². The summed E-state index contributed by atoms with van der Waals surface area (Å²) in [5.41, 5.74) is 0. The van der Waals surface area contributed by atoms with Crippen LogP contribution in [-0.4, -0.2) is 67.4 Å². The summed E-state index contributed by atoms with van der Waals surface area (Å²) in [6.45, 7) is 11.5. The van der Waals surface area contributed by atoms with Crippen LogP contribution in [0, 0.1) is 0 Å². The fraction of sp³-hybridized carbons (Fsp3) is 0.933. The van der Waals surface area contributed by atoms with E-state index in [1.54, 1.807) is 0 Å². The summed E-state index contributed by atoms with van der Waals surface area (Å²) in [5.74, 6) is 0.535. The summed E-state index contributed by atoms with van der Waals surface area (Å²) < 4.78 is 11.1. The molecule has 0 saturated heterocycles. The number of quaternary nitrogens is 1. The van der Waals surface area contributed by atoms with Gasteiger partial charge in [-0.2, -0.15) is 16.8 Å². The number of esters is 2. The van der Waals surface area contributed by atoms with Crippen LogP contribution in [-0.2, 0) is 23.9 Å². The van der Waals surface area contributed by atoms with E-state index in [9.17, 15) is 19.6 Å². The number of carbonyl (C=O) groups excluding carboxylic acids is 3. The molecule has 2 atom stereocenters. The molecule has 9 heteroatoms. The predicted molar refractivity (Wildman–Crippen MR) is 231 cm³/mol. The zero-order chi connectivity index (χ0) is 40.2. The second-order valence-electron chi connectivity index (χ2n) is 15.4. The van der Waals surface area contributed by atoms with E-state index >= 15 is 0 Å². The molecule has 54 heavy (non-hydrogen) atoms. The topological polar surface area (TPSA) is 106 Å².